The minimum absolute atomic E-state index is 0.860. The number of hydrogen-bond donors (Lipinski definition) is 1. The Morgan fingerprint density at radius 3 is 2.58 bits per heavy atom. The number of rotatable bonds is 5. The van der Waals surface area contributed by atoms with E-state index in [1.54, 1.807) is 11.3 Å². The quantitative estimate of drug-likeness (QED) is 0.800. The Morgan fingerprint density at radius 2 is 1.95 bits per heavy atom. The van der Waals surface area contributed by atoms with Gasteiger partial charge < -0.3 is 5.32 Å². The van der Waals surface area contributed by atoms with Crippen LogP contribution < -0.4 is 5.32 Å². The zero-order chi connectivity index (χ0) is 13.8. The third-order valence-corrected chi connectivity index (χ3v) is 5.16. The molecule has 4 heteroatoms. The van der Waals surface area contributed by atoms with Crippen molar-refractivity contribution in [3.8, 4) is 10.6 Å². The molecule has 0 bridgehead atoms. The highest BCUT2D eigenvalue weighted by Crippen LogP contribution is 2.30. The van der Waals surface area contributed by atoms with Gasteiger partial charge in [0.1, 0.15) is 5.01 Å². The number of thiazole rings is 1. The van der Waals surface area contributed by atoms with Crippen molar-refractivity contribution in [3.63, 3.8) is 0 Å². The fraction of sp³-hybridized carbons (Fsp3) is 0.400. The number of nitrogens with zero attached hydrogens (tertiary/aromatic N) is 1. The van der Waals surface area contributed by atoms with Crippen molar-refractivity contribution in [1.29, 1.82) is 0 Å². The molecule has 0 spiro atoms. The summed E-state index contributed by atoms with van der Waals surface area (Å²) in [5, 5.41) is 6.63. The maximum absolute atomic E-state index is 4.70. The van der Waals surface area contributed by atoms with Crippen molar-refractivity contribution in [2.24, 2.45) is 0 Å². The Kier molecular flexibility index (Phi) is 5.13. The molecule has 1 N–H and O–H groups in total. The van der Waals surface area contributed by atoms with E-state index in [2.05, 4.69) is 59.5 Å². The Balaban J connectivity index is 2.18. The van der Waals surface area contributed by atoms with Gasteiger partial charge in [-0.05, 0) is 50.1 Å². The Morgan fingerprint density at radius 1 is 1.26 bits per heavy atom. The van der Waals surface area contributed by atoms with Crippen molar-refractivity contribution in [3.05, 3.63) is 38.8 Å². The van der Waals surface area contributed by atoms with Crippen LogP contribution in [0.1, 0.15) is 30.2 Å². The molecule has 0 amide bonds. The van der Waals surface area contributed by atoms with E-state index in [0.717, 1.165) is 30.2 Å². The van der Waals surface area contributed by atoms with Gasteiger partial charge in [0.05, 0.1) is 5.69 Å². The van der Waals surface area contributed by atoms with E-state index < -0.39 is 0 Å². The van der Waals surface area contributed by atoms with Crippen molar-refractivity contribution < 1.29 is 0 Å². The molecule has 0 aliphatic heterocycles. The number of hydrogen-bond acceptors (Lipinski definition) is 3. The van der Waals surface area contributed by atoms with E-state index in [-0.39, 0.29) is 0 Å². The largest absolute Gasteiger partial charge is 0.311 e. The van der Waals surface area contributed by atoms with E-state index in [1.807, 2.05) is 0 Å². The first-order chi connectivity index (χ1) is 9.11. The van der Waals surface area contributed by atoms with E-state index in [4.69, 9.17) is 4.98 Å². The van der Waals surface area contributed by atoms with Crippen molar-refractivity contribution >= 4 is 27.3 Å². The number of halogens is 1. The average Bonchev–Trinajstić information content (AvgIpc) is 2.84. The van der Waals surface area contributed by atoms with Crippen LogP contribution in [0.3, 0.4) is 0 Å². The minimum Gasteiger partial charge on any atom is -0.311 e. The van der Waals surface area contributed by atoms with Crippen LogP contribution in [0.5, 0.6) is 0 Å². The molecule has 0 saturated carbocycles. The Bertz CT molecular complexity index is 540. The average molecular weight is 339 g/mol. The van der Waals surface area contributed by atoms with E-state index in [9.17, 15) is 0 Å². The lowest BCUT2D eigenvalue weighted by atomic mass is 10.1. The third kappa shape index (κ3) is 3.65. The standard InChI is InChI=1S/C15H19BrN2S/c1-4-5-17-8-13-9-19-15(18-13)12-6-10(2)14(16)11(3)7-12/h6-7,9,17H,4-5,8H2,1-3H3. The van der Waals surface area contributed by atoms with Gasteiger partial charge in [-0.2, -0.15) is 0 Å². The van der Waals surface area contributed by atoms with Gasteiger partial charge in [-0.15, -0.1) is 11.3 Å². The molecule has 1 heterocycles. The predicted molar refractivity (Wildman–Crippen MR) is 86.7 cm³/mol. The number of aryl methyl sites for hydroxylation is 2. The van der Waals surface area contributed by atoms with Crippen LogP contribution in [-0.2, 0) is 6.54 Å². The van der Waals surface area contributed by atoms with Crippen molar-refractivity contribution in [2.75, 3.05) is 6.54 Å². The molecule has 2 rings (SSSR count). The molecule has 0 atom stereocenters. The molecule has 1 aromatic heterocycles. The number of benzene rings is 1. The zero-order valence-electron chi connectivity index (χ0n) is 11.6. The van der Waals surface area contributed by atoms with Gasteiger partial charge in [-0.3, -0.25) is 0 Å². The molecule has 0 unspecified atom stereocenters. The SMILES string of the molecule is CCCNCc1csc(-c2cc(C)c(Br)c(C)c2)n1. The molecule has 0 radical (unpaired) electrons. The molecule has 102 valence electrons. The second-order valence-electron chi connectivity index (χ2n) is 4.74. The molecular formula is C15H19BrN2S. The number of nitrogens with one attached hydrogen (secondary N) is 1. The highest BCUT2D eigenvalue weighted by molar-refractivity contribution is 9.10. The van der Waals surface area contributed by atoms with Crippen molar-refractivity contribution in [1.82, 2.24) is 10.3 Å². The van der Waals surface area contributed by atoms with Gasteiger partial charge >= 0.3 is 0 Å². The summed E-state index contributed by atoms with van der Waals surface area (Å²) in [5.41, 5.74) is 4.86. The summed E-state index contributed by atoms with van der Waals surface area (Å²) in [6, 6.07) is 4.39. The first-order valence-electron chi connectivity index (χ1n) is 6.54. The Labute approximate surface area is 127 Å². The number of aromatic nitrogens is 1. The van der Waals surface area contributed by atoms with Crippen LogP contribution in [0.2, 0.25) is 0 Å². The molecule has 0 aliphatic rings. The highest BCUT2D eigenvalue weighted by atomic mass is 79.9. The summed E-state index contributed by atoms with van der Waals surface area (Å²) in [7, 11) is 0. The molecular weight excluding hydrogens is 320 g/mol. The first-order valence-corrected chi connectivity index (χ1v) is 8.21. The van der Waals surface area contributed by atoms with Crippen molar-refractivity contribution in [2.45, 2.75) is 33.7 Å². The molecule has 0 saturated heterocycles. The second-order valence-corrected chi connectivity index (χ2v) is 6.40. The van der Waals surface area contributed by atoms with Crippen LogP contribution in [0, 0.1) is 13.8 Å². The summed E-state index contributed by atoms with van der Waals surface area (Å²) in [4.78, 5) is 4.70. The van der Waals surface area contributed by atoms with E-state index in [0.29, 0.717) is 0 Å². The lowest BCUT2D eigenvalue weighted by molar-refractivity contribution is 0.667. The molecule has 1 aromatic carbocycles. The van der Waals surface area contributed by atoms with Gasteiger partial charge in [-0.25, -0.2) is 4.98 Å². The fourth-order valence-electron chi connectivity index (χ4n) is 1.98. The highest BCUT2D eigenvalue weighted by Gasteiger charge is 2.08. The smallest absolute Gasteiger partial charge is 0.123 e. The van der Waals surface area contributed by atoms with E-state index in [1.165, 1.54) is 21.2 Å². The third-order valence-electron chi connectivity index (χ3n) is 2.97. The summed E-state index contributed by atoms with van der Waals surface area (Å²) in [5.74, 6) is 0. The Hall–Kier alpha value is -0.710. The predicted octanol–water partition coefficient (Wildman–Crippen LogP) is 4.69. The summed E-state index contributed by atoms with van der Waals surface area (Å²) in [6.45, 7) is 8.32. The molecule has 19 heavy (non-hydrogen) atoms. The molecule has 2 nitrogen and oxygen atoms in total. The summed E-state index contributed by atoms with van der Waals surface area (Å²) < 4.78 is 1.19. The zero-order valence-corrected chi connectivity index (χ0v) is 14.0. The maximum Gasteiger partial charge on any atom is 0.123 e. The second kappa shape index (κ2) is 6.64. The van der Waals surface area contributed by atoms with Gasteiger partial charge in [-0.1, -0.05) is 22.9 Å². The monoisotopic (exact) mass is 338 g/mol. The minimum atomic E-state index is 0.860. The van der Waals surface area contributed by atoms with Crippen LogP contribution in [-0.4, -0.2) is 11.5 Å². The van der Waals surface area contributed by atoms with Gasteiger partial charge in [0.15, 0.2) is 0 Å². The van der Waals surface area contributed by atoms with E-state index >= 15 is 0 Å². The van der Waals surface area contributed by atoms with Gasteiger partial charge in [0.25, 0.3) is 0 Å². The molecule has 0 fully saturated rings. The van der Waals surface area contributed by atoms with Gasteiger partial charge in [0, 0.05) is 22.0 Å². The first kappa shape index (κ1) is 14.7. The normalized spacial score (nSPS) is 10.9. The summed E-state index contributed by atoms with van der Waals surface area (Å²) in [6.07, 6.45) is 1.15. The maximum atomic E-state index is 4.70. The summed E-state index contributed by atoms with van der Waals surface area (Å²) >= 11 is 5.32. The van der Waals surface area contributed by atoms with Crippen LogP contribution in [0.15, 0.2) is 22.0 Å². The fourth-order valence-corrected chi connectivity index (χ4v) is 3.02. The molecule has 0 aliphatic carbocycles. The molecule has 2 aromatic rings. The van der Waals surface area contributed by atoms with Crippen LogP contribution >= 0.6 is 27.3 Å². The topological polar surface area (TPSA) is 24.9 Å². The van der Waals surface area contributed by atoms with Crippen LogP contribution in [0.4, 0.5) is 0 Å². The lowest BCUT2D eigenvalue weighted by Crippen LogP contribution is -2.13. The van der Waals surface area contributed by atoms with Gasteiger partial charge in [0.2, 0.25) is 0 Å². The van der Waals surface area contributed by atoms with Crippen LogP contribution in [0.25, 0.3) is 10.6 Å². The lowest BCUT2D eigenvalue weighted by Gasteiger charge is -2.05.